The summed E-state index contributed by atoms with van der Waals surface area (Å²) < 4.78 is 33.8. The molecule has 0 bridgehead atoms. The van der Waals surface area contributed by atoms with Crippen molar-refractivity contribution >= 4 is 58.6 Å². The van der Waals surface area contributed by atoms with Gasteiger partial charge in [0.1, 0.15) is 5.60 Å². The first-order chi connectivity index (χ1) is 20.0. The van der Waals surface area contributed by atoms with Gasteiger partial charge in [0.15, 0.2) is 0 Å². The minimum absolute atomic E-state index is 0.0831. The maximum Gasteiger partial charge on any atom is 0.410 e. The number of nitrogens with zero attached hydrogens (tertiary/aromatic N) is 3. The number of ether oxygens (including phenoxy) is 1. The van der Waals surface area contributed by atoms with Crippen molar-refractivity contribution in [1.29, 1.82) is 0 Å². The van der Waals surface area contributed by atoms with Gasteiger partial charge in [-0.25, -0.2) is 4.79 Å². The fraction of sp³-hybridized carbons (Fsp3) is 0.548. The van der Waals surface area contributed by atoms with Crippen LogP contribution in [0.4, 0.5) is 13.6 Å². The maximum absolute atomic E-state index is 14.0. The second-order valence-corrected chi connectivity index (χ2v) is 15.0. The van der Waals surface area contributed by atoms with Gasteiger partial charge in [0.05, 0.1) is 15.6 Å². The molecule has 2 aromatic rings. The molecule has 2 aliphatic rings. The summed E-state index contributed by atoms with van der Waals surface area (Å²) in [7, 11) is 2.79. The largest absolute Gasteiger partial charge is 0.444 e. The molecule has 0 aliphatic carbocycles. The Labute approximate surface area is 271 Å². The van der Waals surface area contributed by atoms with Crippen LogP contribution < -0.4 is 0 Å². The van der Waals surface area contributed by atoms with E-state index in [0.717, 1.165) is 36.6 Å². The molecular weight excluding hydrogens is 639 g/mol. The number of carbonyl (C=O) groups excluding carboxylic acids is 2. The van der Waals surface area contributed by atoms with Gasteiger partial charge in [0.25, 0.3) is 0 Å². The third-order valence-corrected chi connectivity index (χ3v) is 10.9. The van der Waals surface area contributed by atoms with E-state index in [2.05, 4.69) is 29.2 Å². The lowest BCUT2D eigenvalue weighted by atomic mass is 9.83. The Morgan fingerprint density at radius 1 is 1.05 bits per heavy atom. The van der Waals surface area contributed by atoms with E-state index in [1.165, 1.54) is 23.1 Å². The van der Waals surface area contributed by atoms with Crippen molar-refractivity contribution in [3.05, 3.63) is 69.2 Å². The number of rotatable bonds is 8. The lowest BCUT2D eigenvalue weighted by Crippen LogP contribution is -2.57. The van der Waals surface area contributed by atoms with Crippen LogP contribution in [0.3, 0.4) is 0 Å². The van der Waals surface area contributed by atoms with E-state index < -0.39 is 28.5 Å². The number of hydrogen-bond acceptors (Lipinski definition) is 5. The van der Waals surface area contributed by atoms with Crippen LogP contribution in [-0.2, 0) is 25.6 Å². The van der Waals surface area contributed by atoms with Gasteiger partial charge in [-0.15, -0.1) is 11.8 Å². The molecule has 2 aromatic carbocycles. The topological polar surface area (TPSA) is 53.1 Å². The molecule has 12 heteroatoms. The highest BCUT2D eigenvalue weighted by Crippen LogP contribution is 2.53. The molecule has 2 aliphatic heterocycles. The smallest absolute Gasteiger partial charge is 0.410 e. The van der Waals surface area contributed by atoms with Gasteiger partial charge in [-0.2, -0.15) is 8.78 Å². The summed E-state index contributed by atoms with van der Waals surface area (Å²) in [4.78, 5) is 30.7. The van der Waals surface area contributed by atoms with Crippen LogP contribution in [0.2, 0.25) is 10.0 Å². The Bertz CT molecular complexity index is 1350. The van der Waals surface area contributed by atoms with E-state index >= 15 is 0 Å². The number of hydrogen-bond donors (Lipinski definition) is 0. The molecule has 1 saturated heterocycles. The number of thioether (sulfide) groups is 1. The highest BCUT2D eigenvalue weighted by Gasteiger charge is 2.47. The molecule has 0 N–H and O–H groups in total. The number of fused-ring (bicyclic) bond motifs is 2. The summed E-state index contributed by atoms with van der Waals surface area (Å²) in [6, 6.07) is 13.5. The zero-order valence-electron chi connectivity index (χ0n) is 25.1. The van der Waals surface area contributed by atoms with Gasteiger partial charge >= 0.3 is 17.4 Å². The number of amides is 2. The van der Waals surface area contributed by atoms with Gasteiger partial charge in [-0.1, -0.05) is 53.5 Å². The molecular formula is C31H38Cl3F2N3O3S. The van der Waals surface area contributed by atoms with Crippen molar-refractivity contribution in [1.82, 2.24) is 14.7 Å². The number of likely N-dealkylation sites (N-methyl/N-ethyl adjacent to an activating group) is 2. The standard InChI is InChI=1S/C31H38Cl3F2N3O3S/c1-28(2,3)42-27(41)38(5)29(20-37(4)26(40)31(34,35)36,22-10-11-24(32)25(33)18-22)12-15-39-16-13-30(14-17-39)23-9-7-6-8-21(23)19-43-30/h6-11,18H,12-17,19-20H2,1-5H3. The monoisotopic (exact) mass is 675 g/mol. The zero-order valence-corrected chi connectivity index (χ0v) is 28.1. The Kier molecular flexibility index (Phi) is 10.2. The summed E-state index contributed by atoms with van der Waals surface area (Å²) >= 11 is 19.8. The SMILES string of the molecule is CN(CC(CCN1CCC2(CC1)SCc1ccccc12)(c1ccc(Cl)c(Cl)c1)N(C)C(=O)OC(C)(C)C)C(=O)C(F)(F)Cl. The third-order valence-electron chi connectivity index (χ3n) is 8.37. The molecule has 2 amide bonds. The number of likely N-dealkylation sites (tertiary alicyclic amines) is 1. The first-order valence-electron chi connectivity index (χ1n) is 14.2. The molecule has 1 fully saturated rings. The number of halogens is 5. The van der Waals surface area contributed by atoms with E-state index in [1.807, 2.05) is 11.8 Å². The van der Waals surface area contributed by atoms with Crippen molar-refractivity contribution in [2.75, 3.05) is 40.3 Å². The third kappa shape index (κ3) is 7.55. The summed E-state index contributed by atoms with van der Waals surface area (Å²) in [6.45, 7) is 7.11. The van der Waals surface area contributed by atoms with Crippen LogP contribution in [0.15, 0.2) is 42.5 Å². The van der Waals surface area contributed by atoms with Crippen LogP contribution in [0.25, 0.3) is 0 Å². The second kappa shape index (κ2) is 12.9. The van der Waals surface area contributed by atoms with Crippen LogP contribution in [-0.4, -0.2) is 78.0 Å². The quantitative estimate of drug-likeness (QED) is 0.266. The number of carbonyl (C=O) groups is 2. The number of alkyl halides is 3. The lowest BCUT2D eigenvalue weighted by Gasteiger charge is -2.46. The minimum Gasteiger partial charge on any atom is -0.444 e. The fourth-order valence-electron chi connectivity index (χ4n) is 6.03. The van der Waals surface area contributed by atoms with E-state index in [4.69, 9.17) is 39.5 Å². The van der Waals surface area contributed by atoms with E-state index in [-0.39, 0.29) is 16.3 Å². The lowest BCUT2D eigenvalue weighted by molar-refractivity contribution is -0.147. The van der Waals surface area contributed by atoms with Crippen LogP contribution >= 0.6 is 46.6 Å². The average Bonchev–Trinajstić information content (AvgIpc) is 3.29. The van der Waals surface area contributed by atoms with E-state index in [0.29, 0.717) is 23.6 Å². The molecule has 4 rings (SSSR count). The summed E-state index contributed by atoms with van der Waals surface area (Å²) in [5, 5.41) is -3.58. The highest BCUT2D eigenvalue weighted by atomic mass is 35.5. The number of benzene rings is 2. The average molecular weight is 677 g/mol. The molecule has 43 heavy (non-hydrogen) atoms. The Morgan fingerprint density at radius 2 is 1.70 bits per heavy atom. The van der Waals surface area contributed by atoms with Gasteiger partial charge < -0.3 is 14.5 Å². The summed E-state index contributed by atoms with van der Waals surface area (Å²) in [5.41, 5.74) is 1.20. The molecule has 2 heterocycles. The Hall–Kier alpha value is -1.78. The van der Waals surface area contributed by atoms with Crippen molar-refractivity contribution in [2.45, 2.75) is 67.1 Å². The highest BCUT2D eigenvalue weighted by molar-refractivity contribution is 7.99. The van der Waals surface area contributed by atoms with Crippen molar-refractivity contribution in [3.8, 4) is 0 Å². The van der Waals surface area contributed by atoms with Gasteiger partial charge in [0, 0.05) is 37.7 Å². The molecule has 1 spiro atoms. The molecule has 236 valence electrons. The van der Waals surface area contributed by atoms with Gasteiger partial charge in [-0.3, -0.25) is 9.69 Å². The molecule has 0 radical (unpaired) electrons. The van der Waals surface area contributed by atoms with E-state index in [1.54, 1.807) is 46.0 Å². The second-order valence-electron chi connectivity index (χ2n) is 12.4. The van der Waals surface area contributed by atoms with Crippen LogP contribution in [0.1, 0.15) is 56.7 Å². The fourth-order valence-corrected chi connectivity index (χ4v) is 7.98. The van der Waals surface area contributed by atoms with Crippen LogP contribution in [0, 0.1) is 0 Å². The van der Waals surface area contributed by atoms with Gasteiger partial charge in [-0.05, 0) is 93.5 Å². The number of piperidine rings is 1. The first kappa shape index (κ1) is 34.1. The maximum atomic E-state index is 14.0. The zero-order chi connectivity index (χ0) is 31.8. The summed E-state index contributed by atoms with van der Waals surface area (Å²) in [5.74, 6) is -0.573. The normalized spacial score (nSPS) is 18.2. The molecule has 1 unspecified atom stereocenters. The van der Waals surface area contributed by atoms with Crippen molar-refractivity contribution < 1.29 is 23.1 Å². The predicted octanol–water partition coefficient (Wildman–Crippen LogP) is 7.97. The summed E-state index contributed by atoms with van der Waals surface area (Å²) in [6.07, 6.45) is 1.55. The van der Waals surface area contributed by atoms with Crippen molar-refractivity contribution in [2.24, 2.45) is 0 Å². The molecule has 0 saturated carbocycles. The Morgan fingerprint density at radius 3 is 2.30 bits per heavy atom. The predicted molar refractivity (Wildman–Crippen MR) is 170 cm³/mol. The minimum atomic E-state index is -4.11. The van der Waals surface area contributed by atoms with Crippen LogP contribution in [0.5, 0.6) is 0 Å². The first-order valence-corrected chi connectivity index (χ1v) is 16.3. The molecule has 0 aromatic heterocycles. The molecule has 6 nitrogen and oxygen atoms in total. The van der Waals surface area contributed by atoms with Gasteiger partial charge in [0.2, 0.25) is 0 Å². The Balaban J connectivity index is 1.67. The molecule has 1 atom stereocenters. The van der Waals surface area contributed by atoms with E-state index in [9.17, 15) is 18.4 Å². The van der Waals surface area contributed by atoms with Crippen molar-refractivity contribution in [3.63, 3.8) is 0 Å².